The van der Waals surface area contributed by atoms with Gasteiger partial charge < -0.3 is 9.73 Å². The quantitative estimate of drug-likeness (QED) is 0.507. The van der Waals surface area contributed by atoms with Crippen LogP contribution < -0.4 is 5.32 Å². The minimum atomic E-state index is -4.46. The maximum Gasteiger partial charge on any atom is 0.416 e. The Hall–Kier alpha value is -3.69. The molecule has 0 fully saturated rings. The van der Waals surface area contributed by atoms with E-state index < -0.39 is 22.6 Å². The van der Waals surface area contributed by atoms with Crippen molar-refractivity contribution in [1.82, 2.24) is 4.98 Å². The van der Waals surface area contributed by atoms with Crippen LogP contribution in [0.25, 0.3) is 11.5 Å². The summed E-state index contributed by atoms with van der Waals surface area (Å²) in [5.41, 5.74) is -0.324. The molecule has 28 heavy (non-hydrogen) atoms. The van der Waals surface area contributed by atoms with Gasteiger partial charge in [0.15, 0.2) is 5.69 Å². The van der Waals surface area contributed by atoms with E-state index in [1.54, 1.807) is 0 Å². The second kappa shape index (κ2) is 7.14. The fourth-order valence-corrected chi connectivity index (χ4v) is 2.46. The van der Waals surface area contributed by atoms with Crippen LogP contribution in [0.2, 0.25) is 0 Å². The topological polar surface area (TPSA) is 98.3 Å². The summed E-state index contributed by atoms with van der Waals surface area (Å²) in [5, 5.41) is 13.5. The summed E-state index contributed by atoms with van der Waals surface area (Å²) in [6.45, 7) is 1.49. The molecule has 3 aromatic rings. The van der Waals surface area contributed by atoms with E-state index in [-0.39, 0.29) is 34.1 Å². The van der Waals surface area contributed by atoms with Gasteiger partial charge in [0.05, 0.1) is 21.7 Å². The zero-order chi connectivity index (χ0) is 20.5. The first-order valence-electron chi connectivity index (χ1n) is 7.85. The molecule has 2 aromatic carbocycles. The van der Waals surface area contributed by atoms with Crippen LogP contribution in [0.4, 0.5) is 24.5 Å². The number of amides is 1. The number of carbonyl (C=O) groups is 1. The van der Waals surface area contributed by atoms with Crippen molar-refractivity contribution < 1.29 is 27.3 Å². The lowest BCUT2D eigenvalue weighted by Gasteiger charge is -2.07. The zero-order valence-electron chi connectivity index (χ0n) is 14.3. The first kappa shape index (κ1) is 19.1. The molecule has 1 heterocycles. The van der Waals surface area contributed by atoms with Gasteiger partial charge >= 0.3 is 6.18 Å². The molecule has 0 aliphatic rings. The van der Waals surface area contributed by atoms with E-state index in [1.807, 2.05) is 0 Å². The number of anilines is 1. The van der Waals surface area contributed by atoms with Gasteiger partial charge in [0.1, 0.15) is 6.26 Å². The molecule has 0 unspecified atom stereocenters. The highest BCUT2D eigenvalue weighted by Gasteiger charge is 2.30. The molecular weight excluding hydrogens is 379 g/mol. The standard InChI is InChI=1S/C18H12F3N3O4/c1-10-13(3-2-4-15(10)24(26)27)22-16(25)14-9-28-17(23-14)11-5-7-12(8-6-11)18(19,20)21/h2-9H,1H3,(H,22,25). The Morgan fingerprint density at radius 3 is 2.46 bits per heavy atom. The number of benzene rings is 2. The van der Waals surface area contributed by atoms with Crippen LogP contribution in [0.15, 0.2) is 53.1 Å². The summed E-state index contributed by atoms with van der Waals surface area (Å²) in [7, 11) is 0. The first-order chi connectivity index (χ1) is 13.2. The largest absolute Gasteiger partial charge is 0.444 e. The average molecular weight is 391 g/mol. The maximum absolute atomic E-state index is 12.6. The molecule has 0 saturated heterocycles. The number of aromatic nitrogens is 1. The fraction of sp³-hybridized carbons (Fsp3) is 0.111. The third-order valence-electron chi connectivity index (χ3n) is 3.95. The maximum atomic E-state index is 12.6. The van der Waals surface area contributed by atoms with Gasteiger partial charge in [-0.05, 0) is 37.3 Å². The highest BCUT2D eigenvalue weighted by molar-refractivity contribution is 6.03. The van der Waals surface area contributed by atoms with Crippen molar-refractivity contribution >= 4 is 17.3 Å². The number of nitro benzene ring substituents is 1. The number of nitro groups is 1. The summed E-state index contributed by atoms with van der Waals surface area (Å²) in [6.07, 6.45) is -3.41. The minimum absolute atomic E-state index is 0.0327. The van der Waals surface area contributed by atoms with Crippen molar-refractivity contribution in [2.24, 2.45) is 0 Å². The third-order valence-corrected chi connectivity index (χ3v) is 3.95. The van der Waals surface area contributed by atoms with Crippen molar-refractivity contribution in [1.29, 1.82) is 0 Å². The zero-order valence-corrected chi connectivity index (χ0v) is 14.3. The number of carbonyl (C=O) groups excluding carboxylic acids is 1. The van der Waals surface area contributed by atoms with E-state index in [0.717, 1.165) is 18.4 Å². The van der Waals surface area contributed by atoms with E-state index in [9.17, 15) is 28.1 Å². The molecule has 7 nitrogen and oxygen atoms in total. The highest BCUT2D eigenvalue weighted by atomic mass is 19.4. The lowest BCUT2D eigenvalue weighted by molar-refractivity contribution is -0.385. The number of nitrogens with zero attached hydrogens (tertiary/aromatic N) is 2. The summed E-state index contributed by atoms with van der Waals surface area (Å²) >= 11 is 0. The molecule has 0 aliphatic heterocycles. The Morgan fingerprint density at radius 2 is 1.86 bits per heavy atom. The second-order valence-electron chi connectivity index (χ2n) is 5.77. The van der Waals surface area contributed by atoms with E-state index in [0.29, 0.717) is 0 Å². The number of alkyl halides is 3. The fourth-order valence-electron chi connectivity index (χ4n) is 2.46. The summed E-state index contributed by atoms with van der Waals surface area (Å²) in [5.74, 6) is -0.708. The van der Waals surface area contributed by atoms with Crippen LogP contribution in [0.3, 0.4) is 0 Å². The predicted octanol–water partition coefficient (Wildman–Crippen LogP) is 4.83. The molecule has 3 rings (SSSR count). The number of hydrogen-bond acceptors (Lipinski definition) is 5. The molecule has 1 aromatic heterocycles. The van der Waals surface area contributed by atoms with Crippen LogP contribution in [0.1, 0.15) is 21.6 Å². The van der Waals surface area contributed by atoms with Crippen LogP contribution in [-0.2, 0) is 6.18 Å². The normalized spacial score (nSPS) is 11.3. The van der Waals surface area contributed by atoms with Crippen molar-refractivity contribution in [3.05, 3.63) is 75.7 Å². The van der Waals surface area contributed by atoms with Crippen LogP contribution >= 0.6 is 0 Å². The molecule has 0 atom stereocenters. The summed E-state index contributed by atoms with van der Waals surface area (Å²) in [4.78, 5) is 26.7. The van der Waals surface area contributed by atoms with Gasteiger partial charge in [-0.15, -0.1) is 0 Å². The van der Waals surface area contributed by atoms with E-state index in [1.165, 1.54) is 37.3 Å². The van der Waals surface area contributed by atoms with Gasteiger partial charge in [0, 0.05) is 11.6 Å². The summed E-state index contributed by atoms with van der Waals surface area (Å²) in [6, 6.07) is 8.36. The summed E-state index contributed by atoms with van der Waals surface area (Å²) < 4.78 is 43.0. The molecule has 144 valence electrons. The SMILES string of the molecule is Cc1c(NC(=O)c2coc(-c3ccc(C(F)(F)F)cc3)n2)cccc1[N+](=O)[O-]. The molecule has 0 aliphatic carbocycles. The van der Waals surface area contributed by atoms with E-state index in [4.69, 9.17) is 4.42 Å². The number of rotatable bonds is 4. The Morgan fingerprint density at radius 1 is 1.18 bits per heavy atom. The Kier molecular flexibility index (Phi) is 4.87. The van der Waals surface area contributed by atoms with Crippen molar-refractivity contribution in [3.8, 4) is 11.5 Å². The molecule has 10 heteroatoms. The first-order valence-corrected chi connectivity index (χ1v) is 7.85. The van der Waals surface area contributed by atoms with Gasteiger partial charge in [-0.2, -0.15) is 13.2 Å². The van der Waals surface area contributed by atoms with Crippen molar-refractivity contribution in [2.45, 2.75) is 13.1 Å². The molecule has 0 spiro atoms. The molecule has 0 saturated carbocycles. The number of halogens is 3. The van der Waals surface area contributed by atoms with Crippen LogP contribution in [0.5, 0.6) is 0 Å². The molecular formula is C18H12F3N3O4. The Bertz CT molecular complexity index is 1040. The predicted molar refractivity (Wildman–Crippen MR) is 92.7 cm³/mol. The highest BCUT2D eigenvalue weighted by Crippen LogP contribution is 2.31. The van der Waals surface area contributed by atoms with Gasteiger partial charge in [-0.3, -0.25) is 14.9 Å². The monoisotopic (exact) mass is 391 g/mol. The molecule has 0 radical (unpaired) electrons. The second-order valence-corrected chi connectivity index (χ2v) is 5.77. The number of hydrogen-bond donors (Lipinski definition) is 1. The van der Waals surface area contributed by atoms with Gasteiger partial charge in [0.2, 0.25) is 5.89 Å². The van der Waals surface area contributed by atoms with E-state index >= 15 is 0 Å². The number of nitrogens with one attached hydrogen (secondary N) is 1. The van der Waals surface area contributed by atoms with Crippen molar-refractivity contribution in [3.63, 3.8) is 0 Å². The van der Waals surface area contributed by atoms with Crippen LogP contribution in [0, 0.1) is 17.0 Å². The minimum Gasteiger partial charge on any atom is -0.444 e. The number of oxazole rings is 1. The van der Waals surface area contributed by atoms with E-state index in [2.05, 4.69) is 10.3 Å². The lowest BCUT2D eigenvalue weighted by atomic mass is 10.1. The molecule has 1 amide bonds. The lowest BCUT2D eigenvalue weighted by Crippen LogP contribution is -2.13. The van der Waals surface area contributed by atoms with Gasteiger partial charge in [-0.25, -0.2) is 4.98 Å². The third kappa shape index (κ3) is 3.85. The molecule has 1 N–H and O–H groups in total. The molecule has 0 bridgehead atoms. The van der Waals surface area contributed by atoms with Gasteiger partial charge in [0.25, 0.3) is 11.6 Å². The van der Waals surface area contributed by atoms with Crippen LogP contribution in [-0.4, -0.2) is 15.8 Å². The average Bonchev–Trinajstić information content (AvgIpc) is 3.13. The smallest absolute Gasteiger partial charge is 0.416 e. The Balaban J connectivity index is 1.80. The van der Waals surface area contributed by atoms with Gasteiger partial charge in [-0.1, -0.05) is 6.07 Å². The Labute approximate surface area is 156 Å². The van der Waals surface area contributed by atoms with Crippen molar-refractivity contribution in [2.75, 3.05) is 5.32 Å².